The highest BCUT2D eigenvalue weighted by molar-refractivity contribution is 7.86. The number of nitrogens with one attached hydrogen (secondary N) is 1. The van der Waals surface area contributed by atoms with Gasteiger partial charge >= 0.3 is 0 Å². The molecular weight excluding hydrogens is 322 g/mol. The third-order valence-corrected chi connectivity index (χ3v) is 6.13. The lowest BCUT2D eigenvalue weighted by atomic mass is 10.0. The van der Waals surface area contributed by atoms with Crippen molar-refractivity contribution < 1.29 is 12.6 Å². The Morgan fingerprint density at radius 2 is 1.17 bits per heavy atom. The molecule has 0 aromatic carbocycles. The standard InChI is InChI=1S/C19H39NO3S/c1-2-3-4-5-6-7-8-9-10-11-12-13-14-15-16-24(21,22)23-19-17-20-18-19/h19-20H,2-18H2,1H3. The lowest BCUT2D eigenvalue weighted by Gasteiger charge is -2.26. The SMILES string of the molecule is CCCCCCCCCCCCCCCCS(=O)(=O)OC1CNC1. The van der Waals surface area contributed by atoms with E-state index in [2.05, 4.69) is 12.2 Å². The summed E-state index contributed by atoms with van der Waals surface area (Å²) >= 11 is 0. The van der Waals surface area contributed by atoms with Crippen molar-refractivity contribution in [2.45, 2.75) is 103 Å². The van der Waals surface area contributed by atoms with Crippen molar-refractivity contribution in [3.05, 3.63) is 0 Å². The molecule has 0 atom stereocenters. The van der Waals surface area contributed by atoms with Crippen molar-refractivity contribution in [2.24, 2.45) is 0 Å². The van der Waals surface area contributed by atoms with Gasteiger partial charge in [0.15, 0.2) is 0 Å². The maximum absolute atomic E-state index is 11.7. The predicted octanol–water partition coefficient (Wildman–Crippen LogP) is 4.79. The Balaban J connectivity index is 1.77. The summed E-state index contributed by atoms with van der Waals surface area (Å²) < 4.78 is 28.5. The summed E-state index contributed by atoms with van der Waals surface area (Å²) in [5.41, 5.74) is 0. The second kappa shape index (κ2) is 14.1. The molecule has 0 spiro atoms. The summed E-state index contributed by atoms with van der Waals surface area (Å²) in [5, 5.41) is 3.01. The van der Waals surface area contributed by atoms with E-state index < -0.39 is 10.1 Å². The fraction of sp³-hybridized carbons (Fsp3) is 1.00. The van der Waals surface area contributed by atoms with Crippen LogP contribution in [-0.4, -0.2) is 33.4 Å². The quantitative estimate of drug-likeness (QED) is 0.299. The molecular formula is C19H39NO3S. The molecule has 0 saturated carbocycles. The van der Waals surface area contributed by atoms with Gasteiger partial charge in [0.05, 0.1) is 5.75 Å². The summed E-state index contributed by atoms with van der Waals surface area (Å²) in [7, 11) is -3.30. The minimum Gasteiger partial charge on any atom is -0.311 e. The minimum absolute atomic E-state index is 0.123. The highest BCUT2D eigenvalue weighted by Gasteiger charge is 2.24. The Kier molecular flexibility index (Phi) is 12.9. The summed E-state index contributed by atoms with van der Waals surface area (Å²) in [6, 6.07) is 0. The first kappa shape index (κ1) is 21.9. The van der Waals surface area contributed by atoms with Gasteiger partial charge < -0.3 is 5.32 Å². The smallest absolute Gasteiger partial charge is 0.267 e. The molecule has 1 heterocycles. The fourth-order valence-electron chi connectivity index (χ4n) is 3.06. The van der Waals surface area contributed by atoms with Gasteiger partial charge in [-0.2, -0.15) is 8.42 Å². The summed E-state index contributed by atoms with van der Waals surface area (Å²) in [5.74, 6) is 0.182. The van der Waals surface area contributed by atoms with Gasteiger partial charge in [-0.3, -0.25) is 4.18 Å². The maximum Gasteiger partial charge on any atom is 0.267 e. The molecule has 1 rings (SSSR count). The van der Waals surface area contributed by atoms with Gasteiger partial charge in [-0.05, 0) is 6.42 Å². The molecule has 24 heavy (non-hydrogen) atoms. The van der Waals surface area contributed by atoms with Crippen molar-refractivity contribution in [1.29, 1.82) is 0 Å². The van der Waals surface area contributed by atoms with Gasteiger partial charge in [0, 0.05) is 13.1 Å². The van der Waals surface area contributed by atoms with Crippen molar-refractivity contribution in [2.75, 3.05) is 18.8 Å². The van der Waals surface area contributed by atoms with Crippen LogP contribution in [0.2, 0.25) is 0 Å². The van der Waals surface area contributed by atoms with Crippen LogP contribution in [0.4, 0.5) is 0 Å². The van der Waals surface area contributed by atoms with Crippen LogP contribution in [-0.2, 0) is 14.3 Å². The van der Waals surface area contributed by atoms with E-state index in [0.717, 1.165) is 19.3 Å². The van der Waals surface area contributed by atoms with Crippen molar-refractivity contribution in [1.82, 2.24) is 5.32 Å². The van der Waals surface area contributed by atoms with Crippen LogP contribution < -0.4 is 5.32 Å². The van der Waals surface area contributed by atoms with Gasteiger partial charge in [-0.1, -0.05) is 90.4 Å². The van der Waals surface area contributed by atoms with E-state index >= 15 is 0 Å². The third-order valence-electron chi connectivity index (χ3n) is 4.77. The topological polar surface area (TPSA) is 55.4 Å². The van der Waals surface area contributed by atoms with Crippen molar-refractivity contribution in [3.8, 4) is 0 Å². The maximum atomic E-state index is 11.7. The van der Waals surface area contributed by atoms with E-state index in [1.54, 1.807) is 0 Å². The van der Waals surface area contributed by atoms with Gasteiger partial charge in [-0.15, -0.1) is 0 Å². The molecule has 0 radical (unpaired) electrons. The van der Waals surface area contributed by atoms with E-state index in [-0.39, 0.29) is 11.9 Å². The van der Waals surface area contributed by atoms with Crippen LogP contribution in [0, 0.1) is 0 Å². The molecule has 1 saturated heterocycles. The Morgan fingerprint density at radius 3 is 1.54 bits per heavy atom. The third kappa shape index (κ3) is 12.3. The second-order valence-corrected chi connectivity index (χ2v) is 8.95. The Hall–Kier alpha value is -0.130. The van der Waals surface area contributed by atoms with Crippen LogP contribution in [0.5, 0.6) is 0 Å². The minimum atomic E-state index is -3.30. The first-order valence-electron chi connectivity index (χ1n) is 10.3. The molecule has 0 bridgehead atoms. The Morgan fingerprint density at radius 1 is 0.750 bits per heavy atom. The second-order valence-electron chi connectivity index (χ2n) is 7.23. The zero-order valence-corrected chi connectivity index (χ0v) is 16.5. The predicted molar refractivity (Wildman–Crippen MR) is 102 cm³/mol. The van der Waals surface area contributed by atoms with Gasteiger partial charge in [0.1, 0.15) is 6.10 Å². The molecule has 1 fully saturated rings. The van der Waals surface area contributed by atoms with Crippen LogP contribution >= 0.6 is 0 Å². The molecule has 0 aliphatic carbocycles. The van der Waals surface area contributed by atoms with E-state index in [1.165, 1.54) is 70.6 Å². The molecule has 0 amide bonds. The molecule has 144 valence electrons. The summed E-state index contributed by atoms with van der Waals surface area (Å²) in [6.45, 7) is 3.59. The van der Waals surface area contributed by atoms with Crippen LogP contribution in [0.1, 0.15) is 96.8 Å². The van der Waals surface area contributed by atoms with Crippen LogP contribution in [0.15, 0.2) is 0 Å². The zero-order chi connectivity index (χ0) is 17.5. The van der Waals surface area contributed by atoms with Gasteiger partial charge in [0.25, 0.3) is 10.1 Å². The number of hydrogen-bond donors (Lipinski definition) is 1. The summed E-state index contributed by atoms with van der Waals surface area (Å²) in [4.78, 5) is 0. The largest absolute Gasteiger partial charge is 0.311 e. The van der Waals surface area contributed by atoms with Crippen LogP contribution in [0.25, 0.3) is 0 Å². The van der Waals surface area contributed by atoms with Crippen molar-refractivity contribution in [3.63, 3.8) is 0 Å². The van der Waals surface area contributed by atoms with Gasteiger partial charge in [0.2, 0.25) is 0 Å². The lowest BCUT2D eigenvalue weighted by molar-refractivity contribution is 0.149. The molecule has 1 aliphatic heterocycles. The number of hydrogen-bond acceptors (Lipinski definition) is 4. The monoisotopic (exact) mass is 361 g/mol. The number of unbranched alkanes of at least 4 members (excludes halogenated alkanes) is 13. The first-order valence-corrected chi connectivity index (χ1v) is 11.8. The number of rotatable bonds is 17. The molecule has 4 nitrogen and oxygen atoms in total. The normalized spacial score (nSPS) is 15.5. The average molecular weight is 362 g/mol. The highest BCUT2D eigenvalue weighted by Crippen LogP contribution is 2.14. The molecule has 0 unspecified atom stereocenters. The fourth-order valence-corrected chi connectivity index (χ4v) is 4.26. The van der Waals surface area contributed by atoms with E-state index in [9.17, 15) is 8.42 Å². The van der Waals surface area contributed by atoms with Crippen LogP contribution in [0.3, 0.4) is 0 Å². The van der Waals surface area contributed by atoms with E-state index in [1.807, 2.05) is 0 Å². The van der Waals surface area contributed by atoms with Gasteiger partial charge in [-0.25, -0.2) is 0 Å². The van der Waals surface area contributed by atoms with Crippen molar-refractivity contribution >= 4 is 10.1 Å². The molecule has 0 aromatic rings. The molecule has 0 aromatic heterocycles. The summed E-state index contributed by atoms with van der Waals surface area (Å²) in [6.07, 6.45) is 17.8. The Labute approximate surface area is 150 Å². The zero-order valence-electron chi connectivity index (χ0n) is 15.7. The Bertz CT molecular complexity index is 380. The van der Waals surface area contributed by atoms with E-state index in [4.69, 9.17) is 4.18 Å². The molecule has 1 aliphatic rings. The lowest BCUT2D eigenvalue weighted by Crippen LogP contribution is -2.49. The highest BCUT2D eigenvalue weighted by atomic mass is 32.2. The molecule has 1 N–H and O–H groups in total. The van der Waals surface area contributed by atoms with E-state index in [0.29, 0.717) is 13.1 Å². The molecule has 5 heteroatoms. The first-order chi connectivity index (χ1) is 11.6. The average Bonchev–Trinajstić information content (AvgIpc) is 2.51.